The zero-order chi connectivity index (χ0) is 22.9. The summed E-state index contributed by atoms with van der Waals surface area (Å²) in [6, 6.07) is 10.9. The predicted molar refractivity (Wildman–Crippen MR) is 130 cm³/mol. The number of fused-ring (bicyclic) bond motifs is 3. The van der Waals surface area contributed by atoms with Crippen LogP contribution >= 0.6 is 0 Å². The number of nitrogens with one attached hydrogen (secondary N) is 3. The topological polar surface area (TPSA) is 104 Å². The van der Waals surface area contributed by atoms with Crippen LogP contribution in [0.1, 0.15) is 24.1 Å². The summed E-state index contributed by atoms with van der Waals surface area (Å²) in [7, 11) is 0. The molecular formula is C25H27N7O2. The van der Waals surface area contributed by atoms with Crippen molar-refractivity contribution in [1.82, 2.24) is 20.3 Å². The van der Waals surface area contributed by atoms with E-state index in [1.165, 1.54) is 5.56 Å². The quantitative estimate of drug-likeness (QED) is 0.553. The lowest BCUT2D eigenvalue weighted by atomic mass is 10.0. The number of para-hydroxylation sites is 1. The second-order valence-electron chi connectivity index (χ2n) is 8.95. The molecule has 6 rings (SSSR count). The highest BCUT2D eigenvalue weighted by Crippen LogP contribution is 2.34. The van der Waals surface area contributed by atoms with E-state index in [2.05, 4.69) is 25.8 Å². The van der Waals surface area contributed by atoms with E-state index in [1.807, 2.05) is 24.3 Å². The van der Waals surface area contributed by atoms with Crippen LogP contribution in [0.25, 0.3) is 11.4 Å². The number of aromatic nitrogens is 3. The van der Waals surface area contributed by atoms with Gasteiger partial charge in [0.25, 0.3) is 0 Å². The number of ether oxygens (including phenoxy) is 1. The van der Waals surface area contributed by atoms with Gasteiger partial charge in [-0.2, -0.15) is 0 Å². The molecule has 2 saturated heterocycles. The van der Waals surface area contributed by atoms with Gasteiger partial charge in [0.15, 0.2) is 5.82 Å². The Morgan fingerprint density at radius 2 is 1.91 bits per heavy atom. The molecule has 9 heteroatoms. The summed E-state index contributed by atoms with van der Waals surface area (Å²) in [5.74, 6) is 1.63. The van der Waals surface area contributed by atoms with Crippen molar-refractivity contribution in [3.05, 3.63) is 60.0 Å². The number of hydrogen-bond donors (Lipinski definition) is 3. The van der Waals surface area contributed by atoms with Crippen LogP contribution < -0.4 is 20.9 Å². The summed E-state index contributed by atoms with van der Waals surface area (Å²) in [5.41, 5.74) is 4.32. The van der Waals surface area contributed by atoms with Crippen molar-refractivity contribution >= 4 is 23.2 Å². The van der Waals surface area contributed by atoms with Gasteiger partial charge in [0, 0.05) is 37.0 Å². The summed E-state index contributed by atoms with van der Waals surface area (Å²) >= 11 is 0. The van der Waals surface area contributed by atoms with Crippen LogP contribution in [0, 0.1) is 0 Å². The third-order valence-corrected chi connectivity index (χ3v) is 6.59. The highest BCUT2D eigenvalue weighted by Gasteiger charge is 2.36. The number of hydrogen-bond acceptors (Lipinski definition) is 7. The second kappa shape index (κ2) is 9.00. The largest absolute Gasteiger partial charge is 0.371 e. The van der Waals surface area contributed by atoms with Gasteiger partial charge < -0.3 is 25.6 Å². The summed E-state index contributed by atoms with van der Waals surface area (Å²) < 4.78 is 6.06. The molecule has 2 atom stereocenters. The maximum absolute atomic E-state index is 12.7. The SMILES string of the molecule is O=C(Nc1cccnc1)Nc1ccccc1-c1nc2c(c(N3CC4CCC(C3)O4)n1)CCNC2. The molecule has 34 heavy (non-hydrogen) atoms. The molecular weight excluding hydrogens is 430 g/mol. The van der Waals surface area contributed by atoms with Crippen molar-refractivity contribution in [3.8, 4) is 11.4 Å². The number of amides is 2. The van der Waals surface area contributed by atoms with Crippen molar-refractivity contribution in [2.24, 2.45) is 0 Å². The Labute approximate surface area is 198 Å². The average molecular weight is 458 g/mol. The number of urea groups is 1. The number of carbonyl (C=O) groups is 1. The van der Waals surface area contributed by atoms with Crippen molar-refractivity contribution in [2.45, 2.75) is 38.0 Å². The van der Waals surface area contributed by atoms with E-state index in [0.29, 0.717) is 23.7 Å². The van der Waals surface area contributed by atoms with E-state index in [4.69, 9.17) is 14.7 Å². The van der Waals surface area contributed by atoms with Crippen LogP contribution in [0.15, 0.2) is 48.8 Å². The molecule has 3 N–H and O–H groups in total. The number of rotatable bonds is 4. The maximum Gasteiger partial charge on any atom is 0.323 e. The molecule has 1 aromatic carbocycles. The average Bonchev–Trinajstić information content (AvgIpc) is 3.21. The number of anilines is 3. The lowest BCUT2D eigenvalue weighted by Gasteiger charge is -2.35. The van der Waals surface area contributed by atoms with Gasteiger partial charge in [-0.15, -0.1) is 0 Å². The molecule has 2 unspecified atom stereocenters. The Morgan fingerprint density at radius 1 is 1.06 bits per heavy atom. The third-order valence-electron chi connectivity index (χ3n) is 6.59. The van der Waals surface area contributed by atoms with E-state index >= 15 is 0 Å². The number of carbonyl (C=O) groups excluding carboxylic acids is 1. The Hall–Kier alpha value is -3.56. The predicted octanol–water partition coefficient (Wildman–Crippen LogP) is 3.20. The molecule has 0 spiro atoms. The minimum Gasteiger partial charge on any atom is -0.371 e. The Balaban J connectivity index is 1.33. The molecule has 2 bridgehead atoms. The van der Waals surface area contributed by atoms with Gasteiger partial charge in [-0.05, 0) is 50.1 Å². The number of nitrogens with zero attached hydrogens (tertiary/aromatic N) is 4. The molecule has 9 nitrogen and oxygen atoms in total. The van der Waals surface area contributed by atoms with Crippen molar-refractivity contribution in [3.63, 3.8) is 0 Å². The van der Waals surface area contributed by atoms with E-state index < -0.39 is 0 Å². The first-order valence-electron chi connectivity index (χ1n) is 11.8. The van der Waals surface area contributed by atoms with Crippen LogP contribution in [0.2, 0.25) is 0 Å². The Morgan fingerprint density at radius 3 is 2.74 bits per heavy atom. The van der Waals surface area contributed by atoms with E-state index in [9.17, 15) is 4.79 Å². The van der Waals surface area contributed by atoms with E-state index in [-0.39, 0.29) is 18.2 Å². The highest BCUT2D eigenvalue weighted by atomic mass is 16.5. The zero-order valence-electron chi connectivity index (χ0n) is 18.8. The fourth-order valence-corrected chi connectivity index (χ4v) is 5.02. The lowest BCUT2D eigenvalue weighted by molar-refractivity contribution is 0.0301. The van der Waals surface area contributed by atoms with Gasteiger partial charge in [0.2, 0.25) is 0 Å². The van der Waals surface area contributed by atoms with E-state index in [1.54, 1.807) is 24.5 Å². The first kappa shape index (κ1) is 21.0. The van der Waals surface area contributed by atoms with Crippen molar-refractivity contribution < 1.29 is 9.53 Å². The van der Waals surface area contributed by atoms with Crippen molar-refractivity contribution in [1.29, 1.82) is 0 Å². The normalized spacial score (nSPS) is 21.1. The van der Waals surface area contributed by atoms with Gasteiger partial charge in [0.05, 0.1) is 35.5 Å². The lowest BCUT2D eigenvalue weighted by Crippen LogP contribution is -2.44. The monoisotopic (exact) mass is 457 g/mol. The smallest absolute Gasteiger partial charge is 0.323 e. The van der Waals surface area contributed by atoms with Crippen LogP contribution in [-0.2, 0) is 17.7 Å². The number of pyridine rings is 1. The molecule has 2 fully saturated rings. The van der Waals surface area contributed by atoms with Crippen LogP contribution in [0.5, 0.6) is 0 Å². The summed E-state index contributed by atoms with van der Waals surface area (Å²) in [5, 5.41) is 9.20. The maximum atomic E-state index is 12.7. The van der Waals surface area contributed by atoms with Crippen LogP contribution in [-0.4, -0.2) is 52.8 Å². The minimum absolute atomic E-state index is 0.277. The molecule has 174 valence electrons. The number of morpholine rings is 1. The van der Waals surface area contributed by atoms with Gasteiger partial charge in [-0.3, -0.25) is 4.98 Å². The van der Waals surface area contributed by atoms with Gasteiger partial charge in [0.1, 0.15) is 5.82 Å². The molecule has 0 aliphatic carbocycles. The minimum atomic E-state index is -0.343. The molecule has 3 aliphatic rings. The summed E-state index contributed by atoms with van der Waals surface area (Å²) in [6.07, 6.45) is 6.96. The fraction of sp³-hybridized carbons (Fsp3) is 0.360. The van der Waals surface area contributed by atoms with E-state index in [0.717, 1.165) is 56.0 Å². The molecule has 5 heterocycles. The molecule has 0 saturated carbocycles. The Bertz CT molecular complexity index is 1190. The van der Waals surface area contributed by atoms with Gasteiger partial charge >= 0.3 is 6.03 Å². The first-order valence-corrected chi connectivity index (χ1v) is 11.8. The number of benzene rings is 1. The first-order chi connectivity index (χ1) is 16.7. The highest BCUT2D eigenvalue weighted by molar-refractivity contribution is 6.01. The van der Waals surface area contributed by atoms with Crippen LogP contribution in [0.4, 0.5) is 22.0 Å². The summed E-state index contributed by atoms with van der Waals surface area (Å²) in [4.78, 5) is 29.1. The molecule has 0 radical (unpaired) electrons. The third kappa shape index (κ3) is 4.20. The summed E-state index contributed by atoms with van der Waals surface area (Å²) in [6.45, 7) is 3.36. The van der Waals surface area contributed by atoms with Gasteiger partial charge in [-0.1, -0.05) is 12.1 Å². The standard InChI is InChI=1S/C25H27N7O2/c33-25(28-16-4-3-10-26-12-16)30-21-6-2-1-5-19(21)23-29-22-13-27-11-9-20(22)24(31-23)32-14-17-7-8-18(15-32)34-17/h1-6,10,12,17-18,27H,7-9,11,13-15H2,(H2,28,30,33). The van der Waals surface area contributed by atoms with Gasteiger partial charge in [-0.25, -0.2) is 14.8 Å². The molecule has 2 amide bonds. The zero-order valence-corrected chi connectivity index (χ0v) is 18.8. The molecule has 3 aromatic rings. The van der Waals surface area contributed by atoms with Crippen LogP contribution in [0.3, 0.4) is 0 Å². The molecule has 3 aliphatic heterocycles. The van der Waals surface area contributed by atoms with Crippen molar-refractivity contribution in [2.75, 3.05) is 35.2 Å². The molecule has 2 aromatic heterocycles. The second-order valence-corrected chi connectivity index (χ2v) is 8.95. The Kier molecular flexibility index (Phi) is 5.56. The fourth-order valence-electron chi connectivity index (χ4n) is 5.02.